The molecule has 1 aliphatic rings. The van der Waals surface area contributed by atoms with Gasteiger partial charge in [-0.15, -0.1) is 0 Å². The van der Waals surface area contributed by atoms with Crippen molar-refractivity contribution in [2.45, 2.75) is 13.5 Å². The maximum atomic E-state index is 12.1. The zero-order valence-electron chi connectivity index (χ0n) is 12.3. The number of amides is 1. The molecule has 2 N–H and O–H groups in total. The second-order valence-corrected chi connectivity index (χ2v) is 4.75. The van der Waals surface area contributed by atoms with Gasteiger partial charge in [-0.3, -0.25) is 4.79 Å². The largest absolute Gasteiger partial charge is 0.496 e. The van der Waals surface area contributed by atoms with Crippen LogP contribution in [0.1, 0.15) is 21.7 Å². The zero-order chi connectivity index (χ0) is 15.5. The van der Waals surface area contributed by atoms with Crippen molar-refractivity contribution in [1.29, 1.82) is 0 Å². The first-order valence-corrected chi connectivity index (χ1v) is 6.81. The van der Waals surface area contributed by atoms with E-state index in [0.717, 1.165) is 5.56 Å². The van der Waals surface area contributed by atoms with Gasteiger partial charge in [0.15, 0.2) is 17.2 Å². The normalized spacial score (nSPS) is 12.8. The van der Waals surface area contributed by atoms with E-state index in [9.17, 15) is 4.79 Å². The fourth-order valence-corrected chi connectivity index (χ4v) is 2.20. The molecule has 116 valence electrons. The van der Waals surface area contributed by atoms with Gasteiger partial charge in [-0.1, -0.05) is 0 Å². The first-order chi connectivity index (χ1) is 10.7. The highest BCUT2D eigenvalue weighted by molar-refractivity contribution is 5.93. The van der Waals surface area contributed by atoms with E-state index in [4.69, 9.17) is 14.2 Å². The molecule has 3 rings (SSSR count). The third kappa shape index (κ3) is 2.67. The van der Waals surface area contributed by atoms with E-state index in [2.05, 4.69) is 20.7 Å². The number of carbonyl (C=O) groups is 1. The molecular formula is C14H16N4O4. The molecule has 8 heteroatoms. The quantitative estimate of drug-likeness (QED) is 0.868. The number of nitrogens with one attached hydrogen (secondary N) is 2. The van der Waals surface area contributed by atoms with Gasteiger partial charge >= 0.3 is 0 Å². The summed E-state index contributed by atoms with van der Waals surface area (Å²) in [5, 5.41) is 12.8. The topological polar surface area (TPSA) is 98.4 Å². The predicted molar refractivity (Wildman–Crippen MR) is 76.3 cm³/mol. The van der Waals surface area contributed by atoms with Crippen molar-refractivity contribution >= 4 is 5.91 Å². The number of ether oxygens (including phenoxy) is 3. The predicted octanol–water partition coefficient (Wildman–Crippen LogP) is 0.823. The number of hydrogen-bond donors (Lipinski definition) is 2. The van der Waals surface area contributed by atoms with Crippen LogP contribution in [-0.2, 0) is 6.54 Å². The third-order valence-electron chi connectivity index (χ3n) is 3.32. The van der Waals surface area contributed by atoms with Gasteiger partial charge in [-0.05, 0) is 13.0 Å². The zero-order valence-corrected chi connectivity index (χ0v) is 12.3. The van der Waals surface area contributed by atoms with Gasteiger partial charge in [0.25, 0.3) is 5.91 Å². The Balaban J connectivity index is 1.77. The van der Waals surface area contributed by atoms with Crippen LogP contribution in [0.5, 0.6) is 17.2 Å². The number of H-pyrrole nitrogens is 1. The Bertz CT molecular complexity index is 698. The molecular weight excluding hydrogens is 288 g/mol. The molecule has 0 fully saturated rings. The van der Waals surface area contributed by atoms with Crippen LogP contribution in [0.4, 0.5) is 0 Å². The second kappa shape index (κ2) is 5.92. The van der Waals surface area contributed by atoms with Crippen molar-refractivity contribution in [3.63, 3.8) is 0 Å². The lowest BCUT2D eigenvalue weighted by atomic mass is 10.1. The van der Waals surface area contributed by atoms with Crippen molar-refractivity contribution in [2.75, 3.05) is 20.3 Å². The van der Waals surface area contributed by atoms with Crippen LogP contribution in [0.25, 0.3) is 0 Å². The number of aromatic nitrogens is 3. The van der Waals surface area contributed by atoms with Crippen LogP contribution in [0.2, 0.25) is 0 Å². The Kier molecular flexibility index (Phi) is 3.82. The summed E-state index contributed by atoms with van der Waals surface area (Å²) < 4.78 is 16.4. The third-order valence-corrected chi connectivity index (χ3v) is 3.32. The van der Waals surface area contributed by atoms with Crippen LogP contribution in [0.3, 0.4) is 0 Å². The fourth-order valence-electron chi connectivity index (χ4n) is 2.20. The SMILES string of the molecule is COc1cc2c(cc1CNC(=O)c1n[nH]nc1C)OCCO2. The molecule has 1 amide bonds. The summed E-state index contributed by atoms with van der Waals surface area (Å²) in [6.45, 7) is 3.01. The summed E-state index contributed by atoms with van der Waals surface area (Å²) in [7, 11) is 1.57. The van der Waals surface area contributed by atoms with Crippen LogP contribution in [-0.4, -0.2) is 41.6 Å². The average molecular weight is 304 g/mol. The fraction of sp³-hybridized carbons (Fsp3) is 0.357. The molecule has 0 atom stereocenters. The minimum absolute atomic E-state index is 0.275. The Morgan fingerprint density at radius 2 is 2.05 bits per heavy atom. The Morgan fingerprint density at radius 3 is 2.68 bits per heavy atom. The van der Waals surface area contributed by atoms with E-state index < -0.39 is 0 Å². The smallest absolute Gasteiger partial charge is 0.274 e. The van der Waals surface area contributed by atoms with Crippen LogP contribution in [0.15, 0.2) is 12.1 Å². The Morgan fingerprint density at radius 1 is 1.32 bits per heavy atom. The number of carbonyl (C=O) groups excluding carboxylic acids is 1. The Labute approximate surface area is 126 Å². The summed E-state index contributed by atoms with van der Waals surface area (Å²) in [4.78, 5) is 12.1. The second-order valence-electron chi connectivity index (χ2n) is 4.75. The summed E-state index contributed by atoms with van der Waals surface area (Å²) in [6, 6.07) is 3.57. The summed E-state index contributed by atoms with van der Waals surface area (Å²) >= 11 is 0. The van der Waals surface area contributed by atoms with Crippen molar-refractivity contribution < 1.29 is 19.0 Å². The molecule has 1 aromatic carbocycles. The molecule has 0 saturated carbocycles. The van der Waals surface area contributed by atoms with E-state index in [-0.39, 0.29) is 18.1 Å². The molecule has 22 heavy (non-hydrogen) atoms. The molecule has 0 spiro atoms. The number of nitrogens with zero attached hydrogens (tertiary/aromatic N) is 2. The first kappa shape index (κ1) is 14.2. The first-order valence-electron chi connectivity index (χ1n) is 6.81. The molecule has 0 aliphatic carbocycles. The maximum Gasteiger partial charge on any atom is 0.274 e. The lowest BCUT2D eigenvalue weighted by Crippen LogP contribution is -2.24. The van der Waals surface area contributed by atoms with Gasteiger partial charge in [0.05, 0.1) is 12.8 Å². The summed E-state index contributed by atoms with van der Waals surface area (Å²) in [5.74, 6) is 1.61. The minimum Gasteiger partial charge on any atom is -0.496 e. The van der Waals surface area contributed by atoms with Crippen molar-refractivity contribution in [1.82, 2.24) is 20.7 Å². The lowest BCUT2D eigenvalue weighted by Gasteiger charge is -2.20. The molecule has 1 aromatic heterocycles. The average Bonchev–Trinajstić information content (AvgIpc) is 2.97. The summed E-state index contributed by atoms with van der Waals surface area (Å²) in [6.07, 6.45) is 0. The van der Waals surface area contributed by atoms with Gasteiger partial charge in [0.1, 0.15) is 19.0 Å². The molecule has 0 saturated heterocycles. The number of aromatic amines is 1. The van der Waals surface area contributed by atoms with Crippen LogP contribution >= 0.6 is 0 Å². The molecule has 0 radical (unpaired) electrons. The molecule has 0 unspecified atom stereocenters. The maximum absolute atomic E-state index is 12.1. The van der Waals surface area contributed by atoms with E-state index in [1.165, 1.54) is 0 Å². The number of aryl methyl sites for hydroxylation is 1. The standard InChI is InChI=1S/C14H16N4O4/c1-8-13(17-18-16-8)14(19)15-7-9-5-11-12(6-10(9)20-2)22-4-3-21-11/h5-6H,3-4,7H2,1-2H3,(H,15,19)(H,16,17,18). The lowest BCUT2D eigenvalue weighted by molar-refractivity contribution is 0.0945. The summed E-state index contributed by atoms with van der Waals surface area (Å²) in [5.41, 5.74) is 1.62. The number of hydrogen-bond acceptors (Lipinski definition) is 6. The number of methoxy groups -OCH3 is 1. The number of fused-ring (bicyclic) bond motifs is 1. The van der Waals surface area contributed by atoms with Gasteiger partial charge in [-0.2, -0.15) is 15.4 Å². The Hall–Kier alpha value is -2.77. The molecule has 8 nitrogen and oxygen atoms in total. The van der Waals surface area contributed by atoms with Crippen molar-refractivity contribution in [3.05, 3.63) is 29.1 Å². The molecule has 0 bridgehead atoms. The van der Waals surface area contributed by atoms with E-state index in [1.807, 2.05) is 6.07 Å². The van der Waals surface area contributed by atoms with Gasteiger partial charge < -0.3 is 19.5 Å². The highest BCUT2D eigenvalue weighted by Crippen LogP contribution is 2.36. The number of benzene rings is 1. The highest BCUT2D eigenvalue weighted by atomic mass is 16.6. The minimum atomic E-state index is -0.303. The van der Waals surface area contributed by atoms with Crippen LogP contribution < -0.4 is 19.5 Å². The highest BCUT2D eigenvalue weighted by Gasteiger charge is 2.18. The van der Waals surface area contributed by atoms with Crippen LogP contribution in [0, 0.1) is 6.92 Å². The van der Waals surface area contributed by atoms with Crippen molar-refractivity contribution in [2.24, 2.45) is 0 Å². The monoisotopic (exact) mass is 304 g/mol. The molecule has 2 heterocycles. The molecule has 1 aliphatic heterocycles. The van der Waals surface area contributed by atoms with Gasteiger partial charge in [0, 0.05) is 18.2 Å². The molecule has 2 aromatic rings. The van der Waals surface area contributed by atoms with E-state index in [0.29, 0.717) is 36.2 Å². The van der Waals surface area contributed by atoms with E-state index >= 15 is 0 Å². The number of rotatable bonds is 4. The van der Waals surface area contributed by atoms with Gasteiger partial charge in [0.2, 0.25) is 0 Å². The van der Waals surface area contributed by atoms with Gasteiger partial charge in [-0.25, -0.2) is 0 Å². The van der Waals surface area contributed by atoms with E-state index in [1.54, 1.807) is 20.1 Å². The van der Waals surface area contributed by atoms with Crippen molar-refractivity contribution in [3.8, 4) is 17.2 Å².